The molecule has 0 saturated heterocycles. The second-order valence-electron chi connectivity index (χ2n) is 4.21. The molecule has 0 heterocycles. The Balaban J connectivity index is 3.12. The van der Waals surface area contributed by atoms with Crippen LogP contribution < -0.4 is 20.1 Å². The molecule has 0 fully saturated rings. The normalized spacial score (nSPS) is 9.40. The van der Waals surface area contributed by atoms with Gasteiger partial charge in [0.05, 0.1) is 0 Å². The van der Waals surface area contributed by atoms with E-state index in [0.717, 1.165) is 11.1 Å². The van der Waals surface area contributed by atoms with Crippen molar-refractivity contribution in [2.24, 2.45) is 0 Å². The fraction of sp³-hybridized carbons (Fsp3) is 0.286. The first-order valence-corrected chi connectivity index (χ1v) is 6.04. The topological polar surface area (TPSA) is 76.7 Å². The minimum absolute atomic E-state index is 0.166. The highest BCUT2D eigenvalue weighted by atomic mass is 16.6. The van der Waals surface area contributed by atoms with E-state index in [1.54, 1.807) is 18.2 Å². The molecule has 1 aromatic carbocycles. The molecule has 20 heavy (non-hydrogen) atoms. The zero-order valence-electron chi connectivity index (χ0n) is 11.9. The summed E-state index contributed by atoms with van der Waals surface area (Å²) < 4.78 is 10.1. The van der Waals surface area contributed by atoms with Crippen molar-refractivity contribution in [2.45, 2.75) is 13.8 Å². The van der Waals surface area contributed by atoms with Crippen LogP contribution in [-0.4, -0.2) is 26.3 Å². The standard InChI is InChI=1S/C14H18N2O4/c1-9(2)7-10-5-6-11(19-13(17)15-3)12(8-10)20-14(18)16-4/h5-8H,1-4H3,(H,15,17)(H,16,18). The third-order valence-electron chi connectivity index (χ3n) is 2.24. The molecule has 0 aliphatic heterocycles. The predicted octanol–water partition coefficient (Wildman–Crippen LogP) is 2.55. The SMILES string of the molecule is CNC(=O)Oc1ccc(C=C(C)C)cc1OC(=O)NC. The van der Waals surface area contributed by atoms with E-state index in [2.05, 4.69) is 10.6 Å². The third kappa shape index (κ3) is 4.64. The maximum atomic E-state index is 11.3. The number of carbonyl (C=O) groups excluding carboxylic acids is 2. The van der Waals surface area contributed by atoms with Gasteiger partial charge < -0.3 is 20.1 Å². The van der Waals surface area contributed by atoms with Gasteiger partial charge in [-0.2, -0.15) is 0 Å². The zero-order chi connectivity index (χ0) is 15.1. The van der Waals surface area contributed by atoms with Crippen LogP contribution in [0, 0.1) is 0 Å². The summed E-state index contributed by atoms with van der Waals surface area (Å²) in [7, 11) is 2.89. The Hall–Kier alpha value is -2.50. The number of hydrogen-bond donors (Lipinski definition) is 2. The Morgan fingerprint density at radius 3 is 2.05 bits per heavy atom. The smallest absolute Gasteiger partial charge is 0.406 e. The molecule has 6 heteroatoms. The van der Waals surface area contributed by atoms with Crippen LogP contribution in [-0.2, 0) is 0 Å². The number of allylic oxidation sites excluding steroid dienone is 1. The van der Waals surface area contributed by atoms with E-state index in [0.29, 0.717) is 0 Å². The van der Waals surface area contributed by atoms with Gasteiger partial charge in [-0.15, -0.1) is 0 Å². The minimum atomic E-state index is -0.638. The highest BCUT2D eigenvalue weighted by Gasteiger charge is 2.12. The van der Waals surface area contributed by atoms with Crippen LogP contribution in [0.2, 0.25) is 0 Å². The number of amides is 2. The lowest BCUT2D eigenvalue weighted by Crippen LogP contribution is -2.24. The number of nitrogens with one attached hydrogen (secondary N) is 2. The minimum Gasteiger partial charge on any atom is -0.406 e. The van der Waals surface area contributed by atoms with Crippen LogP contribution in [0.3, 0.4) is 0 Å². The molecule has 2 amide bonds. The van der Waals surface area contributed by atoms with Gasteiger partial charge >= 0.3 is 12.2 Å². The van der Waals surface area contributed by atoms with Crippen molar-refractivity contribution in [3.63, 3.8) is 0 Å². The maximum absolute atomic E-state index is 11.3. The van der Waals surface area contributed by atoms with E-state index in [9.17, 15) is 9.59 Å². The molecule has 0 unspecified atom stereocenters. The lowest BCUT2D eigenvalue weighted by Gasteiger charge is -2.11. The van der Waals surface area contributed by atoms with Crippen LogP contribution in [0.25, 0.3) is 6.08 Å². The maximum Gasteiger partial charge on any atom is 0.412 e. The van der Waals surface area contributed by atoms with Crippen LogP contribution in [0.4, 0.5) is 9.59 Å². The second kappa shape index (κ2) is 7.18. The van der Waals surface area contributed by atoms with Gasteiger partial charge in [-0.25, -0.2) is 9.59 Å². The van der Waals surface area contributed by atoms with Gasteiger partial charge in [-0.05, 0) is 31.5 Å². The van der Waals surface area contributed by atoms with Crippen LogP contribution in [0.1, 0.15) is 19.4 Å². The summed E-state index contributed by atoms with van der Waals surface area (Å²) >= 11 is 0. The van der Waals surface area contributed by atoms with E-state index in [-0.39, 0.29) is 11.5 Å². The molecule has 0 aromatic heterocycles. The first-order valence-electron chi connectivity index (χ1n) is 6.04. The number of ether oxygens (including phenoxy) is 2. The van der Waals surface area contributed by atoms with Crippen molar-refractivity contribution in [3.8, 4) is 11.5 Å². The number of carbonyl (C=O) groups is 2. The van der Waals surface area contributed by atoms with Crippen molar-refractivity contribution in [1.82, 2.24) is 10.6 Å². The van der Waals surface area contributed by atoms with Crippen molar-refractivity contribution < 1.29 is 19.1 Å². The van der Waals surface area contributed by atoms with Gasteiger partial charge in [-0.3, -0.25) is 0 Å². The lowest BCUT2D eigenvalue weighted by molar-refractivity contribution is 0.192. The molecular weight excluding hydrogens is 260 g/mol. The predicted molar refractivity (Wildman–Crippen MR) is 75.9 cm³/mol. The first-order chi connectivity index (χ1) is 9.46. The summed E-state index contributed by atoms with van der Waals surface area (Å²) in [5.74, 6) is 0.335. The van der Waals surface area contributed by atoms with Crippen molar-refractivity contribution >= 4 is 18.3 Å². The van der Waals surface area contributed by atoms with Gasteiger partial charge in [0.25, 0.3) is 0 Å². The molecule has 0 atom stereocenters. The van der Waals surface area contributed by atoms with Gasteiger partial charge in [0.2, 0.25) is 0 Å². The van der Waals surface area contributed by atoms with E-state index < -0.39 is 12.2 Å². The summed E-state index contributed by atoms with van der Waals surface area (Å²) in [6, 6.07) is 4.96. The summed E-state index contributed by atoms with van der Waals surface area (Å²) in [6.45, 7) is 3.91. The van der Waals surface area contributed by atoms with Crippen molar-refractivity contribution in [3.05, 3.63) is 29.3 Å². The number of benzene rings is 1. The monoisotopic (exact) mass is 278 g/mol. The largest absolute Gasteiger partial charge is 0.412 e. The highest BCUT2D eigenvalue weighted by molar-refractivity contribution is 5.75. The van der Waals surface area contributed by atoms with Crippen LogP contribution in [0.5, 0.6) is 11.5 Å². The van der Waals surface area contributed by atoms with Gasteiger partial charge in [0.1, 0.15) is 0 Å². The van der Waals surface area contributed by atoms with E-state index in [1.807, 2.05) is 19.9 Å². The summed E-state index contributed by atoms with van der Waals surface area (Å²) in [4.78, 5) is 22.6. The molecule has 0 aliphatic carbocycles. The number of rotatable bonds is 3. The molecule has 1 rings (SSSR count). The summed E-state index contributed by atoms with van der Waals surface area (Å²) in [5.41, 5.74) is 1.93. The Morgan fingerprint density at radius 1 is 1.00 bits per heavy atom. The Morgan fingerprint density at radius 2 is 1.55 bits per heavy atom. The van der Waals surface area contributed by atoms with E-state index in [1.165, 1.54) is 14.1 Å². The molecule has 108 valence electrons. The van der Waals surface area contributed by atoms with Crippen LogP contribution >= 0.6 is 0 Å². The summed E-state index contributed by atoms with van der Waals surface area (Å²) in [6.07, 6.45) is 0.642. The zero-order valence-corrected chi connectivity index (χ0v) is 11.9. The molecular formula is C14H18N2O4. The lowest BCUT2D eigenvalue weighted by atomic mass is 10.1. The summed E-state index contributed by atoms with van der Waals surface area (Å²) in [5, 5.41) is 4.66. The Labute approximate surface area is 117 Å². The van der Waals surface area contributed by atoms with Gasteiger partial charge in [0, 0.05) is 14.1 Å². The van der Waals surface area contributed by atoms with Crippen LogP contribution in [0.15, 0.2) is 23.8 Å². The molecule has 0 bridgehead atoms. The molecule has 0 radical (unpaired) electrons. The van der Waals surface area contributed by atoms with Gasteiger partial charge in [-0.1, -0.05) is 17.7 Å². The highest BCUT2D eigenvalue weighted by Crippen LogP contribution is 2.29. The molecule has 6 nitrogen and oxygen atoms in total. The molecule has 0 saturated carbocycles. The van der Waals surface area contributed by atoms with Gasteiger partial charge in [0.15, 0.2) is 11.5 Å². The van der Waals surface area contributed by atoms with Crippen molar-refractivity contribution in [2.75, 3.05) is 14.1 Å². The quantitative estimate of drug-likeness (QED) is 0.890. The molecule has 1 aromatic rings. The van der Waals surface area contributed by atoms with Crippen molar-refractivity contribution in [1.29, 1.82) is 0 Å². The molecule has 0 aliphatic rings. The Bertz CT molecular complexity index is 534. The fourth-order valence-electron chi connectivity index (χ4n) is 1.41. The Kier molecular flexibility index (Phi) is 5.58. The molecule has 2 N–H and O–H groups in total. The first kappa shape index (κ1) is 15.6. The van der Waals surface area contributed by atoms with E-state index in [4.69, 9.17) is 9.47 Å². The average molecular weight is 278 g/mol. The number of hydrogen-bond acceptors (Lipinski definition) is 4. The fourth-order valence-corrected chi connectivity index (χ4v) is 1.41. The average Bonchev–Trinajstić information content (AvgIpc) is 2.40. The third-order valence-corrected chi connectivity index (χ3v) is 2.24. The van der Waals surface area contributed by atoms with E-state index >= 15 is 0 Å². The second-order valence-corrected chi connectivity index (χ2v) is 4.21. The molecule has 0 spiro atoms.